The van der Waals surface area contributed by atoms with Crippen molar-refractivity contribution in [3.05, 3.63) is 35.6 Å². The molecule has 0 saturated carbocycles. The fourth-order valence-electron chi connectivity index (χ4n) is 2.30. The number of benzene rings is 1. The summed E-state index contributed by atoms with van der Waals surface area (Å²) in [7, 11) is 1.70. The van der Waals surface area contributed by atoms with Crippen molar-refractivity contribution in [1.82, 2.24) is 4.90 Å². The van der Waals surface area contributed by atoms with E-state index in [2.05, 4.69) is 6.92 Å². The van der Waals surface area contributed by atoms with Crippen LogP contribution < -0.4 is 0 Å². The summed E-state index contributed by atoms with van der Waals surface area (Å²) in [4.78, 5) is 14.2. The highest BCUT2D eigenvalue weighted by atomic mass is 16.3. The third-order valence-electron chi connectivity index (χ3n) is 4.20. The van der Waals surface area contributed by atoms with Crippen LogP contribution in [0.15, 0.2) is 28.9 Å². The molecule has 0 saturated heterocycles. The Labute approximate surface area is 125 Å². The van der Waals surface area contributed by atoms with Gasteiger partial charge in [-0.3, -0.25) is 4.79 Å². The molecule has 0 aliphatic heterocycles. The second-order valence-corrected chi connectivity index (χ2v) is 6.08. The molecule has 0 aliphatic carbocycles. The fraction of sp³-hybridized carbons (Fsp3) is 0.471. The van der Waals surface area contributed by atoms with Crippen LogP contribution in [0.25, 0.3) is 11.0 Å². The molecular weight excluding hydrogens is 266 g/mol. The Hall–Kier alpha value is -1.81. The summed E-state index contributed by atoms with van der Waals surface area (Å²) < 4.78 is 5.48. The second kappa shape index (κ2) is 5.53. The topological polar surface area (TPSA) is 53.7 Å². The van der Waals surface area contributed by atoms with E-state index in [4.69, 9.17) is 4.42 Å². The highest BCUT2D eigenvalue weighted by Crippen LogP contribution is 2.25. The molecule has 1 aromatic carbocycles. The maximum absolute atomic E-state index is 12.7. The van der Waals surface area contributed by atoms with Crippen LogP contribution in [0.4, 0.5) is 0 Å². The molecule has 21 heavy (non-hydrogen) atoms. The summed E-state index contributed by atoms with van der Waals surface area (Å²) in [5, 5.41) is 10.9. The summed E-state index contributed by atoms with van der Waals surface area (Å²) in [6, 6.07) is 5.59. The lowest BCUT2D eigenvalue weighted by Gasteiger charge is -2.33. The minimum atomic E-state index is -0.960. The molecule has 1 heterocycles. The van der Waals surface area contributed by atoms with Gasteiger partial charge in [-0.15, -0.1) is 0 Å². The number of hydrogen-bond donors (Lipinski definition) is 1. The molecule has 0 spiro atoms. The van der Waals surface area contributed by atoms with E-state index in [9.17, 15) is 9.90 Å². The normalized spacial score (nSPS) is 13.4. The van der Waals surface area contributed by atoms with Crippen molar-refractivity contribution >= 4 is 16.9 Å². The van der Waals surface area contributed by atoms with Crippen LogP contribution in [0, 0.1) is 0 Å². The SMILES string of the molecule is CCc1ccc2occ(C(=O)N(C)C(C)C(C)(C)O)c2c1. The van der Waals surface area contributed by atoms with E-state index in [0.717, 1.165) is 17.4 Å². The van der Waals surface area contributed by atoms with Gasteiger partial charge < -0.3 is 14.4 Å². The molecule has 1 N–H and O–H groups in total. The molecule has 1 amide bonds. The van der Waals surface area contributed by atoms with E-state index in [-0.39, 0.29) is 11.9 Å². The minimum Gasteiger partial charge on any atom is -0.463 e. The van der Waals surface area contributed by atoms with Gasteiger partial charge in [-0.2, -0.15) is 0 Å². The van der Waals surface area contributed by atoms with Gasteiger partial charge in [0.25, 0.3) is 5.91 Å². The van der Waals surface area contributed by atoms with E-state index in [1.807, 2.05) is 25.1 Å². The number of aliphatic hydroxyl groups is 1. The molecule has 1 unspecified atom stereocenters. The number of fused-ring (bicyclic) bond motifs is 1. The summed E-state index contributed by atoms with van der Waals surface area (Å²) in [6.45, 7) is 7.30. The molecule has 4 nitrogen and oxygen atoms in total. The number of hydrogen-bond acceptors (Lipinski definition) is 3. The molecule has 2 aromatic rings. The highest BCUT2D eigenvalue weighted by molar-refractivity contribution is 6.06. The Balaban J connectivity index is 2.39. The number of nitrogens with zero attached hydrogens (tertiary/aromatic N) is 1. The number of amides is 1. The zero-order chi connectivity index (χ0) is 15.8. The summed E-state index contributed by atoms with van der Waals surface area (Å²) >= 11 is 0. The zero-order valence-corrected chi connectivity index (χ0v) is 13.3. The number of carbonyl (C=O) groups is 1. The lowest BCUT2D eigenvalue weighted by atomic mass is 9.98. The lowest BCUT2D eigenvalue weighted by molar-refractivity contribution is 0.000589. The number of furan rings is 1. The van der Waals surface area contributed by atoms with Crippen LogP contribution in [-0.2, 0) is 6.42 Å². The molecule has 1 atom stereocenters. The first-order valence-corrected chi connectivity index (χ1v) is 7.25. The second-order valence-electron chi connectivity index (χ2n) is 6.08. The van der Waals surface area contributed by atoms with Crippen LogP contribution >= 0.6 is 0 Å². The molecular formula is C17H23NO3. The third-order valence-corrected chi connectivity index (χ3v) is 4.20. The minimum absolute atomic E-state index is 0.142. The quantitative estimate of drug-likeness (QED) is 0.940. The van der Waals surface area contributed by atoms with E-state index in [0.29, 0.717) is 11.1 Å². The number of likely N-dealkylation sites (N-methyl/N-ethyl adjacent to an activating group) is 1. The zero-order valence-electron chi connectivity index (χ0n) is 13.3. The maximum Gasteiger partial charge on any atom is 0.257 e. The summed E-state index contributed by atoms with van der Waals surface area (Å²) in [5.74, 6) is -0.142. The monoisotopic (exact) mass is 289 g/mol. The van der Waals surface area contributed by atoms with Crippen LogP contribution in [0.1, 0.15) is 43.6 Å². The average Bonchev–Trinajstić information content (AvgIpc) is 2.86. The fourth-order valence-corrected chi connectivity index (χ4v) is 2.30. The molecule has 2 rings (SSSR count). The molecule has 4 heteroatoms. The standard InChI is InChI=1S/C17H23NO3/c1-6-12-7-8-15-13(9-12)14(10-21-15)16(19)18(5)11(2)17(3,4)20/h7-11,20H,6H2,1-5H3. The summed E-state index contributed by atoms with van der Waals surface area (Å²) in [5.41, 5.74) is 1.45. The van der Waals surface area contributed by atoms with Crippen LogP contribution in [-0.4, -0.2) is 34.6 Å². The van der Waals surface area contributed by atoms with Crippen molar-refractivity contribution in [2.45, 2.75) is 45.8 Å². The van der Waals surface area contributed by atoms with Crippen LogP contribution in [0.5, 0.6) is 0 Å². The molecule has 0 bridgehead atoms. The number of aryl methyl sites for hydroxylation is 1. The Kier molecular flexibility index (Phi) is 4.10. The van der Waals surface area contributed by atoms with Crippen LogP contribution in [0.3, 0.4) is 0 Å². The van der Waals surface area contributed by atoms with Crippen molar-refractivity contribution in [3.63, 3.8) is 0 Å². The third kappa shape index (κ3) is 2.95. The molecule has 114 valence electrons. The summed E-state index contributed by atoms with van der Waals surface area (Å²) in [6.07, 6.45) is 2.41. The first kappa shape index (κ1) is 15.6. The predicted molar refractivity (Wildman–Crippen MR) is 83.4 cm³/mol. The van der Waals surface area contributed by atoms with Crippen molar-refractivity contribution in [2.75, 3.05) is 7.05 Å². The first-order valence-electron chi connectivity index (χ1n) is 7.25. The Morgan fingerprint density at radius 2 is 2.10 bits per heavy atom. The van der Waals surface area contributed by atoms with Gasteiger partial charge in [0.15, 0.2) is 0 Å². The van der Waals surface area contributed by atoms with Crippen molar-refractivity contribution in [3.8, 4) is 0 Å². The van der Waals surface area contributed by atoms with Gasteiger partial charge in [0, 0.05) is 12.4 Å². The number of carbonyl (C=O) groups excluding carboxylic acids is 1. The highest BCUT2D eigenvalue weighted by Gasteiger charge is 2.30. The molecule has 0 aliphatic rings. The van der Waals surface area contributed by atoms with Crippen molar-refractivity contribution in [2.24, 2.45) is 0 Å². The van der Waals surface area contributed by atoms with Gasteiger partial charge >= 0.3 is 0 Å². The van der Waals surface area contributed by atoms with Gasteiger partial charge in [0.05, 0.1) is 17.2 Å². The van der Waals surface area contributed by atoms with Gasteiger partial charge in [-0.25, -0.2) is 0 Å². The molecule has 0 fully saturated rings. The van der Waals surface area contributed by atoms with E-state index < -0.39 is 5.60 Å². The van der Waals surface area contributed by atoms with Gasteiger partial charge in [0.2, 0.25) is 0 Å². The van der Waals surface area contributed by atoms with Crippen molar-refractivity contribution < 1.29 is 14.3 Å². The first-order chi connectivity index (χ1) is 9.75. The van der Waals surface area contributed by atoms with Crippen molar-refractivity contribution in [1.29, 1.82) is 0 Å². The molecule has 0 radical (unpaired) electrons. The van der Waals surface area contributed by atoms with Gasteiger partial charge in [-0.05, 0) is 44.9 Å². The predicted octanol–water partition coefficient (Wildman–Crippen LogP) is 3.23. The van der Waals surface area contributed by atoms with E-state index >= 15 is 0 Å². The Morgan fingerprint density at radius 1 is 1.43 bits per heavy atom. The lowest BCUT2D eigenvalue weighted by Crippen LogP contribution is -2.48. The Morgan fingerprint density at radius 3 is 2.67 bits per heavy atom. The largest absolute Gasteiger partial charge is 0.463 e. The molecule has 1 aromatic heterocycles. The van der Waals surface area contributed by atoms with Gasteiger partial charge in [0.1, 0.15) is 11.8 Å². The smallest absolute Gasteiger partial charge is 0.257 e. The van der Waals surface area contributed by atoms with Gasteiger partial charge in [-0.1, -0.05) is 13.0 Å². The Bertz CT molecular complexity index is 652. The maximum atomic E-state index is 12.7. The van der Waals surface area contributed by atoms with E-state index in [1.54, 1.807) is 25.8 Å². The van der Waals surface area contributed by atoms with Crippen LogP contribution in [0.2, 0.25) is 0 Å². The average molecular weight is 289 g/mol. The van der Waals surface area contributed by atoms with E-state index in [1.165, 1.54) is 6.26 Å². The number of rotatable bonds is 4.